The first-order valence-corrected chi connectivity index (χ1v) is 8.04. The normalized spacial score (nSPS) is 16.2. The van der Waals surface area contributed by atoms with E-state index in [4.69, 9.17) is 0 Å². The minimum atomic E-state index is -1.06. The molecule has 5 nitrogen and oxygen atoms in total. The lowest BCUT2D eigenvalue weighted by Gasteiger charge is -2.26. The molecule has 1 unspecified atom stereocenters. The van der Waals surface area contributed by atoms with Crippen molar-refractivity contribution in [2.45, 2.75) is 12.3 Å². The number of para-hydroxylation sites is 1. The van der Waals surface area contributed by atoms with Gasteiger partial charge in [-0.2, -0.15) is 0 Å². The number of carbonyl (C=O) groups excluding carboxylic acids is 1. The number of fused-ring (bicyclic) bond motifs is 1. The summed E-state index contributed by atoms with van der Waals surface area (Å²) >= 11 is 0. The number of benzene rings is 2. The number of aromatic carboxylic acids is 1. The van der Waals surface area contributed by atoms with Crippen molar-refractivity contribution in [2.24, 2.45) is 0 Å². The molecule has 0 fully saturated rings. The Hall–Kier alpha value is -3.34. The summed E-state index contributed by atoms with van der Waals surface area (Å²) in [4.78, 5) is 23.9. The van der Waals surface area contributed by atoms with Crippen molar-refractivity contribution in [2.75, 3.05) is 5.32 Å². The van der Waals surface area contributed by atoms with Crippen molar-refractivity contribution in [1.82, 2.24) is 4.57 Å². The second-order valence-corrected chi connectivity index (χ2v) is 6.03. The SMILES string of the molecule is O=C1CC(c2ccccc2)c2c(c(C(=O)O)cn2-c2ccccc2)N1. The molecular formula is C20H16N2O3. The summed E-state index contributed by atoms with van der Waals surface area (Å²) in [6.45, 7) is 0. The van der Waals surface area contributed by atoms with E-state index in [0.29, 0.717) is 5.69 Å². The van der Waals surface area contributed by atoms with Crippen molar-refractivity contribution in [3.05, 3.63) is 83.7 Å². The number of anilines is 1. The van der Waals surface area contributed by atoms with Crippen molar-refractivity contribution in [1.29, 1.82) is 0 Å². The Labute approximate surface area is 144 Å². The summed E-state index contributed by atoms with van der Waals surface area (Å²) in [5.41, 5.74) is 3.15. The molecule has 0 saturated carbocycles. The van der Waals surface area contributed by atoms with Gasteiger partial charge >= 0.3 is 5.97 Å². The maximum atomic E-state index is 12.2. The van der Waals surface area contributed by atoms with Gasteiger partial charge in [-0.05, 0) is 17.7 Å². The van der Waals surface area contributed by atoms with E-state index in [2.05, 4.69) is 5.32 Å². The first-order valence-electron chi connectivity index (χ1n) is 8.04. The summed E-state index contributed by atoms with van der Waals surface area (Å²) in [5, 5.41) is 12.3. The zero-order valence-electron chi connectivity index (χ0n) is 13.3. The second kappa shape index (κ2) is 5.94. The molecule has 5 heteroatoms. The van der Waals surface area contributed by atoms with Crippen LogP contribution in [0.5, 0.6) is 0 Å². The highest BCUT2D eigenvalue weighted by molar-refractivity contribution is 6.04. The molecule has 1 aliphatic heterocycles. The molecule has 4 rings (SSSR count). The molecule has 1 aromatic heterocycles. The maximum Gasteiger partial charge on any atom is 0.339 e. The van der Waals surface area contributed by atoms with Crippen molar-refractivity contribution in [3.63, 3.8) is 0 Å². The fourth-order valence-corrected chi connectivity index (χ4v) is 3.39. The molecule has 1 aliphatic rings. The monoisotopic (exact) mass is 332 g/mol. The van der Waals surface area contributed by atoms with E-state index in [-0.39, 0.29) is 23.8 Å². The van der Waals surface area contributed by atoms with Crippen LogP contribution in [0.2, 0.25) is 0 Å². The van der Waals surface area contributed by atoms with Crippen LogP contribution >= 0.6 is 0 Å². The molecular weight excluding hydrogens is 316 g/mol. The van der Waals surface area contributed by atoms with Gasteiger partial charge in [-0.15, -0.1) is 0 Å². The van der Waals surface area contributed by atoms with E-state index in [1.807, 2.05) is 65.2 Å². The predicted molar refractivity (Wildman–Crippen MR) is 94.3 cm³/mol. The molecule has 0 aliphatic carbocycles. The zero-order valence-corrected chi connectivity index (χ0v) is 13.3. The van der Waals surface area contributed by atoms with Crippen molar-refractivity contribution >= 4 is 17.6 Å². The minimum absolute atomic E-state index is 0.104. The van der Waals surface area contributed by atoms with Gasteiger partial charge < -0.3 is 15.0 Å². The number of carbonyl (C=O) groups is 2. The van der Waals surface area contributed by atoms with Crippen LogP contribution in [-0.2, 0) is 4.79 Å². The molecule has 2 heterocycles. The number of rotatable bonds is 3. The first kappa shape index (κ1) is 15.2. The number of hydrogen-bond acceptors (Lipinski definition) is 2. The van der Waals surface area contributed by atoms with Gasteiger partial charge in [0.1, 0.15) is 5.56 Å². The molecule has 0 bridgehead atoms. The number of carboxylic acid groups (broad SMARTS) is 1. The molecule has 1 atom stereocenters. The Balaban J connectivity index is 1.98. The van der Waals surface area contributed by atoms with Gasteiger partial charge in [0.2, 0.25) is 5.91 Å². The third-order valence-corrected chi connectivity index (χ3v) is 4.49. The van der Waals surface area contributed by atoms with E-state index in [0.717, 1.165) is 16.9 Å². The third-order valence-electron chi connectivity index (χ3n) is 4.49. The summed E-state index contributed by atoms with van der Waals surface area (Å²) in [6.07, 6.45) is 1.87. The van der Waals surface area contributed by atoms with Crippen LogP contribution in [0, 0.1) is 0 Å². The predicted octanol–water partition coefficient (Wildman–Crippen LogP) is 3.65. The largest absolute Gasteiger partial charge is 0.478 e. The van der Waals surface area contributed by atoms with Gasteiger partial charge in [0.15, 0.2) is 0 Å². The molecule has 2 N–H and O–H groups in total. The molecule has 0 saturated heterocycles. The lowest BCUT2D eigenvalue weighted by atomic mass is 9.88. The number of amides is 1. The van der Waals surface area contributed by atoms with Crippen LogP contribution in [0.25, 0.3) is 5.69 Å². The molecule has 0 radical (unpaired) electrons. The van der Waals surface area contributed by atoms with Crippen molar-refractivity contribution in [3.8, 4) is 5.69 Å². The van der Waals surface area contributed by atoms with Gasteiger partial charge in [0.05, 0.1) is 11.4 Å². The Morgan fingerprint density at radius 2 is 1.68 bits per heavy atom. The van der Waals surface area contributed by atoms with E-state index in [9.17, 15) is 14.7 Å². The van der Waals surface area contributed by atoms with Gasteiger partial charge in [-0.25, -0.2) is 4.79 Å². The van der Waals surface area contributed by atoms with Crippen LogP contribution in [0.3, 0.4) is 0 Å². The number of nitrogens with zero attached hydrogens (tertiary/aromatic N) is 1. The average molecular weight is 332 g/mol. The number of nitrogens with one attached hydrogen (secondary N) is 1. The Morgan fingerprint density at radius 3 is 2.32 bits per heavy atom. The fourth-order valence-electron chi connectivity index (χ4n) is 3.39. The first-order chi connectivity index (χ1) is 12.1. The van der Waals surface area contributed by atoms with Gasteiger partial charge in [-0.1, -0.05) is 48.5 Å². The van der Waals surface area contributed by atoms with Gasteiger partial charge in [-0.3, -0.25) is 4.79 Å². The number of aromatic nitrogens is 1. The van der Waals surface area contributed by atoms with E-state index in [1.54, 1.807) is 6.20 Å². The number of hydrogen-bond donors (Lipinski definition) is 2. The second-order valence-electron chi connectivity index (χ2n) is 6.03. The van der Waals surface area contributed by atoms with E-state index in [1.165, 1.54) is 0 Å². The van der Waals surface area contributed by atoms with E-state index >= 15 is 0 Å². The standard InChI is InChI=1S/C20H16N2O3/c23-17-11-15(13-7-3-1-4-8-13)19-18(21-17)16(20(24)25)12-22(19)14-9-5-2-6-10-14/h1-10,12,15H,11H2,(H,21,23)(H,24,25). The quantitative estimate of drug-likeness (QED) is 0.769. The fraction of sp³-hybridized carbons (Fsp3) is 0.100. The molecule has 2 aromatic carbocycles. The molecule has 1 amide bonds. The van der Waals surface area contributed by atoms with Gasteiger partial charge in [0, 0.05) is 24.2 Å². The zero-order chi connectivity index (χ0) is 17.4. The van der Waals surface area contributed by atoms with E-state index < -0.39 is 5.97 Å². The summed E-state index contributed by atoms with van der Waals surface area (Å²) in [5.74, 6) is -1.42. The van der Waals surface area contributed by atoms with Crippen LogP contribution in [0.4, 0.5) is 5.69 Å². The van der Waals surface area contributed by atoms with Crippen molar-refractivity contribution < 1.29 is 14.7 Å². The average Bonchev–Trinajstić information content (AvgIpc) is 3.02. The third kappa shape index (κ3) is 2.59. The number of carboxylic acids is 1. The summed E-state index contributed by atoms with van der Waals surface area (Å²) in [7, 11) is 0. The lowest BCUT2D eigenvalue weighted by Crippen LogP contribution is -2.25. The van der Waals surface area contributed by atoms with Gasteiger partial charge in [0.25, 0.3) is 0 Å². The van der Waals surface area contributed by atoms with Crippen LogP contribution in [-0.4, -0.2) is 21.6 Å². The highest BCUT2D eigenvalue weighted by Crippen LogP contribution is 2.41. The smallest absolute Gasteiger partial charge is 0.339 e. The highest BCUT2D eigenvalue weighted by atomic mass is 16.4. The Bertz CT molecular complexity index is 946. The topological polar surface area (TPSA) is 71.3 Å². The summed E-state index contributed by atoms with van der Waals surface area (Å²) in [6, 6.07) is 19.3. The van der Waals surface area contributed by atoms with Crippen LogP contribution in [0.1, 0.15) is 34.0 Å². The molecule has 25 heavy (non-hydrogen) atoms. The molecule has 0 spiro atoms. The minimum Gasteiger partial charge on any atom is -0.478 e. The maximum absolute atomic E-state index is 12.2. The highest BCUT2D eigenvalue weighted by Gasteiger charge is 2.34. The Morgan fingerprint density at radius 1 is 1.04 bits per heavy atom. The molecule has 124 valence electrons. The van der Waals surface area contributed by atoms with Crippen LogP contribution < -0.4 is 5.32 Å². The summed E-state index contributed by atoms with van der Waals surface area (Å²) < 4.78 is 1.87. The lowest BCUT2D eigenvalue weighted by molar-refractivity contribution is -0.116. The van der Waals surface area contributed by atoms with Crippen LogP contribution in [0.15, 0.2) is 66.9 Å². The Kier molecular flexibility index (Phi) is 3.61. The molecule has 3 aromatic rings.